The Labute approximate surface area is 110 Å². The van der Waals surface area contributed by atoms with Gasteiger partial charge in [-0.1, -0.05) is 24.3 Å². The first-order chi connectivity index (χ1) is 8.89. The first-order valence-electron chi connectivity index (χ1n) is 5.67. The van der Waals surface area contributed by atoms with Crippen LogP contribution in [0.5, 0.6) is 0 Å². The van der Waals surface area contributed by atoms with Crippen LogP contribution in [0.25, 0.3) is 21.8 Å². The van der Waals surface area contributed by atoms with Crippen molar-refractivity contribution in [1.29, 1.82) is 0 Å². The van der Waals surface area contributed by atoms with E-state index >= 15 is 0 Å². The molecule has 7 heteroatoms. The van der Waals surface area contributed by atoms with Crippen molar-refractivity contribution in [3.63, 3.8) is 0 Å². The van der Waals surface area contributed by atoms with Gasteiger partial charge in [0.15, 0.2) is 0 Å². The summed E-state index contributed by atoms with van der Waals surface area (Å²) in [6.45, 7) is 3.60. The number of fused-ring (bicyclic) bond motifs is 3. The van der Waals surface area contributed by atoms with E-state index in [9.17, 15) is 8.42 Å². The highest BCUT2D eigenvalue weighted by Gasteiger charge is 2.19. The van der Waals surface area contributed by atoms with Crippen LogP contribution >= 0.6 is 0 Å². The number of hydrogen-bond donors (Lipinski definition) is 1. The molecule has 0 bridgehead atoms. The molecule has 0 aliphatic carbocycles. The van der Waals surface area contributed by atoms with Crippen molar-refractivity contribution < 1.29 is 8.42 Å². The third kappa shape index (κ3) is 1.70. The molecule has 6 nitrogen and oxygen atoms in total. The summed E-state index contributed by atoms with van der Waals surface area (Å²) in [4.78, 5) is 4.43. The number of hydrogen-bond acceptors (Lipinski definition) is 4. The van der Waals surface area contributed by atoms with Crippen molar-refractivity contribution in [2.24, 2.45) is 5.14 Å². The number of nitrogens with zero attached hydrogens (tertiary/aromatic N) is 3. The molecular formula is C12H12N4O2S. The van der Waals surface area contributed by atoms with E-state index in [1.54, 1.807) is 6.92 Å². The van der Waals surface area contributed by atoms with Crippen LogP contribution in [0.2, 0.25) is 0 Å². The predicted molar refractivity (Wildman–Crippen MR) is 73.0 cm³/mol. The Morgan fingerprint density at radius 2 is 1.74 bits per heavy atom. The van der Waals surface area contributed by atoms with Crippen LogP contribution < -0.4 is 5.14 Å². The van der Waals surface area contributed by atoms with Crippen LogP contribution in [0.15, 0.2) is 24.3 Å². The van der Waals surface area contributed by atoms with Gasteiger partial charge in [-0.05, 0) is 13.8 Å². The zero-order valence-electron chi connectivity index (χ0n) is 10.5. The summed E-state index contributed by atoms with van der Waals surface area (Å²) in [5.74, 6) is 0. The molecule has 0 saturated heterocycles. The molecule has 19 heavy (non-hydrogen) atoms. The van der Waals surface area contributed by atoms with Crippen molar-refractivity contribution in [3.8, 4) is 0 Å². The lowest BCUT2D eigenvalue weighted by molar-refractivity contribution is 0.583. The van der Waals surface area contributed by atoms with Gasteiger partial charge in [-0.15, -0.1) is 4.09 Å². The monoisotopic (exact) mass is 276 g/mol. The van der Waals surface area contributed by atoms with E-state index < -0.39 is 10.2 Å². The second-order valence-electron chi connectivity index (χ2n) is 4.41. The zero-order valence-corrected chi connectivity index (χ0v) is 11.3. The highest BCUT2D eigenvalue weighted by atomic mass is 32.2. The summed E-state index contributed by atoms with van der Waals surface area (Å²) < 4.78 is 24.1. The van der Waals surface area contributed by atoms with Gasteiger partial charge in [0.25, 0.3) is 0 Å². The summed E-state index contributed by atoms with van der Waals surface area (Å²) in [7, 11) is -3.95. The molecule has 98 valence electrons. The Morgan fingerprint density at radius 3 is 2.37 bits per heavy atom. The first-order valence-corrected chi connectivity index (χ1v) is 7.18. The van der Waals surface area contributed by atoms with Crippen LogP contribution in [0, 0.1) is 13.8 Å². The Balaban J connectivity index is 2.67. The molecule has 0 amide bonds. The average Bonchev–Trinajstić information content (AvgIpc) is 2.68. The molecule has 0 radical (unpaired) electrons. The lowest BCUT2D eigenvalue weighted by Crippen LogP contribution is -2.23. The van der Waals surface area contributed by atoms with Crippen molar-refractivity contribution in [1.82, 2.24) is 14.2 Å². The third-order valence-electron chi connectivity index (χ3n) is 3.09. The highest BCUT2D eigenvalue weighted by molar-refractivity contribution is 7.87. The van der Waals surface area contributed by atoms with Gasteiger partial charge in [0.1, 0.15) is 11.0 Å². The Hall–Kier alpha value is -1.99. The predicted octanol–water partition coefficient (Wildman–Crippen LogP) is 1.25. The standard InChI is InChI=1S/C12H12N4O2S/c1-7-9-5-3-4-6-10(9)12-11(14-7)8(2)15-16(12)19(13,17)18/h3-6H,1-2H3,(H2,13,17,18). The lowest BCUT2D eigenvalue weighted by atomic mass is 10.1. The molecule has 3 rings (SSSR count). The average molecular weight is 276 g/mol. The molecule has 0 fully saturated rings. The van der Waals surface area contributed by atoms with Crippen LogP contribution in [0.3, 0.4) is 0 Å². The number of pyridine rings is 1. The van der Waals surface area contributed by atoms with Gasteiger partial charge in [0.05, 0.1) is 5.69 Å². The number of aromatic nitrogens is 3. The molecule has 2 heterocycles. The summed E-state index contributed by atoms with van der Waals surface area (Å²) in [6.07, 6.45) is 0. The molecule has 0 aliphatic rings. The lowest BCUT2D eigenvalue weighted by Gasteiger charge is -2.05. The van der Waals surface area contributed by atoms with Crippen LogP contribution in [0.1, 0.15) is 11.4 Å². The SMILES string of the molecule is Cc1nc2c(C)nn(S(N)(=O)=O)c2c2ccccc12. The maximum absolute atomic E-state index is 11.6. The topological polar surface area (TPSA) is 90.9 Å². The summed E-state index contributed by atoms with van der Waals surface area (Å²) >= 11 is 0. The van der Waals surface area contributed by atoms with Gasteiger partial charge in [-0.2, -0.15) is 13.5 Å². The van der Waals surface area contributed by atoms with E-state index in [4.69, 9.17) is 5.14 Å². The number of nitrogens with two attached hydrogens (primary N) is 1. The molecule has 3 aromatic rings. The largest absolute Gasteiger partial charge is 0.318 e. The molecule has 0 aliphatic heterocycles. The zero-order chi connectivity index (χ0) is 13.8. The second kappa shape index (κ2) is 3.75. The van der Waals surface area contributed by atoms with E-state index in [1.165, 1.54) is 0 Å². The Morgan fingerprint density at radius 1 is 1.11 bits per heavy atom. The molecule has 1 aromatic carbocycles. The van der Waals surface area contributed by atoms with Gasteiger partial charge >= 0.3 is 10.2 Å². The Bertz CT molecular complexity index is 912. The second-order valence-corrected chi connectivity index (χ2v) is 5.79. The third-order valence-corrected chi connectivity index (χ3v) is 3.84. The minimum absolute atomic E-state index is 0.432. The molecule has 0 atom stereocenters. The molecule has 2 N–H and O–H groups in total. The summed E-state index contributed by atoms with van der Waals surface area (Å²) in [6, 6.07) is 7.46. The van der Waals surface area contributed by atoms with Crippen molar-refractivity contribution in [3.05, 3.63) is 35.7 Å². The van der Waals surface area contributed by atoms with Crippen molar-refractivity contribution in [2.45, 2.75) is 13.8 Å². The van der Waals surface area contributed by atoms with E-state index in [1.807, 2.05) is 31.2 Å². The summed E-state index contributed by atoms with van der Waals surface area (Å²) in [5.41, 5.74) is 2.37. The minimum Gasteiger partial charge on any atom is -0.249 e. The minimum atomic E-state index is -3.95. The molecule has 2 aromatic heterocycles. The molecule has 0 spiro atoms. The van der Waals surface area contributed by atoms with E-state index in [2.05, 4.69) is 10.1 Å². The fourth-order valence-electron chi connectivity index (χ4n) is 2.28. The fourth-order valence-corrected chi connectivity index (χ4v) is 2.95. The number of benzene rings is 1. The first kappa shape index (κ1) is 12.1. The van der Waals surface area contributed by atoms with E-state index in [0.29, 0.717) is 16.7 Å². The Kier molecular flexibility index (Phi) is 2.38. The van der Waals surface area contributed by atoms with E-state index in [0.717, 1.165) is 20.6 Å². The maximum atomic E-state index is 11.6. The quantitative estimate of drug-likeness (QED) is 0.724. The normalized spacial score (nSPS) is 12.4. The maximum Gasteiger partial charge on any atom is 0.318 e. The summed E-state index contributed by atoms with van der Waals surface area (Å²) in [5, 5.41) is 10.9. The van der Waals surface area contributed by atoms with Gasteiger partial charge in [-0.3, -0.25) is 0 Å². The number of rotatable bonds is 1. The molecular weight excluding hydrogens is 264 g/mol. The molecule has 0 unspecified atom stereocenters. The highest BCUT2D eigenvalue weighted by Crippen LogP contribution is 2.28. The smallest absolute Gasteiger partial charge is 0.249 e. The number of aryl methyl sites for hydroxylation is 2. The van der Waals surface area contributed by atoms with Gasteiger partial charge < -0.3 is 0 Å². The van der Waals surface area contributed by atoms with E-state index in [-0.39, 0.29) is 0 Å². The van der Waals surface area contributed by atoms with Gasteiger partial charge in [0.2, 0.25) is 0 Å². The van der Waals surface area contributed by atoms with Gasteiger partial charge in [-0.25, -0.2) is 10.1 Å². The molecule has 0 saturated carbocycles. The van der Waals surface area contributed by atoms with Gasteiger partial charge in [0, 0.05) is 16.5 Å². The van der Waals surface area contributed by atoms with Crippen molar-refractivity contribution in [2.75, 3.05) is 0 Å². The van der Waals surface area contributed by atoms with Crippen LogP contribution in [-0.4, -0.2) is 22.6 Å². The van der Waals surface area contributed by atoms with Crippen LogP contribution in [0.4, 0.5) is 0 Å². The fraction of sp³-hybridized carbons (Fsp3) is 0.167. The van der Waals surface area contributed by atoms with Crippen molar-refractivity contribution >= 4 is 32.0 Å². The van der Waals surface area contributed by atoms with Crippen LogP contribution in [-0.2, 0) is 10.2 Å².